The molecule has 0 saturated carbocycles. The lowest BCUT2D eigenvalue weighted by molar-refractivity contribution is 1.03. The zero-order valence-electron chi connectivity index (χ0n) is 11.9. The third kappa shape index (κ3) is 3.49. The second-order valence-corrected chi connectivity index (χ2v) is 5.07. The predicted molar refractivity (Wildman–Crippen MR) is 90.2 cm³/mol. The molecule has 0 fully saturated rings. The van der Waals surface area contributed by atoms with Crippen LogP contribution in [0.4, 0.5) is 0 Å². The number of hydrogen-bond acceptors (Lipinski definition) is 0. The van der Waals surface area contributed by atoms with Gasteiger partial charge in [-0.15, -0.1) is 0 Å². The maximum absolute atomic E-state index is 2.28. The SMILES string of the molecule is C(=C/C(c1ccccc1)c1ccccc1)/c1ccccc1. The van der Waals surface area contributed by atoms with Crippen molar-refractivity contribution >= 4 is 6.08 Å². The largest absolute Gasteiger partial charge is 0.0721 e. The molecule has 0 spiro atoms. The molecule has 0 heteroatoms. The van der Waals surface area contributed by atoms with Crippen LogP contribution in [0.2, 0.25) is 0 Å². The highest BCUT2D eigenvalue weighted by atomic mass is 14.1. The zero-order chi connectivity index (χ0) is 14.3. The summed E-state index contributed by atoms with van der Waals surface area (Å²) in [6, 6.07) is 31.7. The third-order valence-electron chi connectivity index (χ3n) is 3.60. The molecule has 0 aromatic heterocycles. The minimum absolute atomic E-state index is 0.285. The van der Waals surface area contributed by atoms with Crippen molar-refractivity contribution in [1.29, 1.82) is 0 Å². The van der Waals surface area contributed by atoms with Crippen LogP contribution in [0.5, 0.6) is 0 Å². The first-order valence-electron chi connectivity index (χ1n) is 7.26. The Bertz CT molecular complexity index is 642. The molecular formula is C21H18. The summed E-state index contributed by atoms with van der Waals surface area (Å²) in [5.74, 6) is 0.285. The van der Waals surface area contributed by atoms with Crippen LogP contribution in [0.1, 0.15) is 22.6 Å². The monoisotopic (exact) mass is 270 g/mol. The van der Waals surface area contributed by atoms with Gasteiger partial charge in [0.25, 0.3) is 0 Å². The van der Waals surface area contributed by atoms with Gasteiger partial charge in [-0.05, 0) is 16.7 Å². The van der Waals surface area contributed by atoms with Crippen LogP contribution in [0.3, 0.4) is 0 Å². The fourth-order valence-electron chi connectivity index (χ4n) is 2.51. The molecule has 3 aromatic carbocycles. The van der Waals surface area contributed by atoms with Crippen molar-refractivity contribution in [3.05, 3.63) is 114 Å². The summed E-state index contributed by atoms with van der Waals surface area (Å²) in [5.41, 5.74) is 3.86. The summed E-state index contributed by atoms with van der Waals surface area (Å²) in [7, 11) is 0. The van der Waals surface area contributed by atoms with E-state index in [0.717, 1.165) is 0 Å². The van der Waals surface area contributed by atoms with E-state index in [1.807, 2.05) is 6.07 Å². The van der Waals surface area contributed by atoms with Crippen LogP contribution in [0.25, 0.3) is 6.08 Å². The van der Waals surface area contributed by atoms with E-state index in [1.54, 1.807) is 0 Å². The van der Waals surface area contributed by atoms with Gasteiger partial charge >= 0.3 is 0 Å². The fourth-order valence-corrected chi connectivity index (χ4v) is 2.51. The molecular weight excluding hydrogens is 252 g/mol. The Labute approximate surface area is 126 Å². The molecule has 0 N–H and O–H groups in total. The van der Waals surface area contributed by atoms with Gasteiger partial charge in [-0.25, -0.2) is 0 Å². The Morgan fingerprint density at radius 3 is 1.43 bits per heavy atom. The first kappa shape index (κ1) is 13.4. The zero-order valence-corrected chi connectivity index (χ0v) is 11.9. The summed E-state index contributed by atoms with van der Waals surface area (Å²) >= 11 is 0. The fraction of sp³-hybridized carbons (Fsp3) is 0.0476. The molecule has 0 heterocycles. The second kappa shape index (κ2) is 6.71. The molecule has 21 heavy (non-hydrogen) atoms. The van der Waals surface area contributed by atoms with Crippen molar-refractivity contribution < 1.29 is 0 Å². The van der Waals surface area contributed by atoms with Crippen LogP contribution in [0.15, 0.2) is 97.1 Å². The molecule has 3 rings (SSSR count). The van der Waals surface area contributed by atoms with Crippen molar-refractivity contribution in [2.45, 2.75) is 5.92 Å². The Balaban J connectivity index is 1.96. The highest BCUT2D eigenvalue weighted by molar-refractivity contribution is 5.52. The average molecular weight is 270 g/mol. The molecule has 0 amide bonds. The molecule has 0 aliphatic heterocycles. The van der Waals surface area contributed by atoms with E-state index >= 15 is 0 Å². The van der Waals surface area contributed by atoms with E-state index in [4.69, 9.17) is 0 Å². The van der Waals surface area contributed by atoms with Crippen molar-refractivity contribution in [3.8, 4) is 0 Å². The van der Waals surface area contributed by atoms with Crippen LogP contribution in [-0.2, 0) is 0 Å². The van der Waals surface area contributed by atoms with Gasteiger partial charge in [-0.1, -0.05) is 103 Å². The topological polar surface area (TPSA) is 0 Å². The minimum atomic E-state index is 0.285. The smallest absolute Gasteiger partial charge is 0.0272 e. The highest BCUT2D eigenvalue weighted by Gasteiger charge is 2.09. The quantitative estimate of drug-likeness (QED) is 0.584. The molecule has 0 aliphatic carbocycles. The lowest BCUT2D eigenvalue weighted by Crippen LogP contribution is -1.97. The van der Waals surface area contributed by atoms with Gasteiger partial charge in [0.1, 0.15) is 0 Å². The van der Waals surface area contributed by atoms with Crippen LogP contribution < -0.4 is 0 Å². The maximum atomic E-state index is 2.28. The number of benzene rings is 3. The molecule has 0 aliphatic rings. The summed E-state index contributed by atoms with van der Waals surface area (Å²) in [6.07, 6.45) is 4.48. The van der Waals surface area contributed by atoms with Crippen LogP contribution >= 0.6 is 0 Å². The molecule has 0 radical (unpaired) electrons. The molecule has 0 bridgehead atoms. The minimum Gasteiger partial charge on any atom is -0.0721 e. The van der Waals surface area contributed by atoms with Gasteiger partial charge < -0.3 is 0 Å². The van der Waals surface area contributed by atoms with Gasteiger partial charge in [-0.2, -0.15) is 0 Å². The lowest BCUT2D eigenvalue weighted by Gasteiger charge is -2.14. The summed E-state index contributed by atoms with van der Waals surface area (Å²) in [5, 5.41) is 0. The Morgan fingerprint density at radius 1 is 0.524 bits per heavy atom. The highest BCUT2D eigenvalue weighted by Crippen LogP contribution is 2.26. The molecule has 0 nitrogen and oxygen atoms in total. The lowest BCUT2D eigenvalue weighted by atomic mass is 9.90. The Kier molecular flexibility index (Phi) is 4.28. The Morgan fingerprint density at radius 2 is 0.952 bits per heavy atom. The van der Waals surface area contributed by atoms with Crippen LogP contribution in [-0.4, -0.2) is 0 Å². The van der Waals surface area contributed by atoms with E-state index in [2.05, 4.69) is 97.1 Å². The van der Waals surface area contributed by atoms with Gasteiger partial charge in [0, 0.05) is 5.92 Å². The Hall–Kier alpha value is -2.60. The summed E-state index contributed by atoms with van der Waals surface area (Å²) < 4.78 is 0. The molecule has 102 valence electrons. The van der Waals surface area contributed by atoms with Crippen molar-refractivity contribution in [3.63, 3.8) is 0 Å². The van der Waals surface area contributed by atoms with E-state index in [0.29, 0.717) is 0 Å². The number of hydrogen-bond donors (Lipinski definition) is 0. The van der Waals surface area contributed by atoms with Gasteiger partial charge in [0.05, 0.1) is 0 Å². The standard InChI is InChI=1S/C21H18/c1-4-10-18(11-5-1)16-17-21(19-12-6-2-7-13-19)20-14-8-3-9-15-20/h1-17,21H/b17-16-. The summed E-state index contributed by atoms with van der Waals surface area (Å²) in [4.78, 5) is 0. The van der Waals surface area contributed by atoms with Gasteiger partial charge in [0.2, 0.25) is 0 Å². The van der Waals surface area contributed by atoms with E-state index < -0.39 is 0 Å². The van der Waals surface area contributed by atoms with Crippen molar-refractivity contribution in [2.24, 2.45) is 0 Å². The van der Waals surface area contributed by atoms with Gasteiger partial charge in [0.15, 0.2) is 0 Å². The molecule has 0 atom stereocenters. The predicted octanol–water partition coefficient (Wildman–Crippen LogP) is 5.53. The second-order valence-electron chi connectivity index (χ2n) is 5.07. The van der Waals surface area contributed by atoms with Crippen molar-refractivity contribution in [2.75, 3.05) is 0 Å². The third-order valence-corrected chi connectivity index (χ3v) is 3.60. The van der Waals surface area contributed by atoms with E-state index in [9.17, 15) is 0 Å². The summed E-state index contributed by atoms with van der Waals surface area (Å²) in [6.45, 7) is 0. The first-order chi connectivity index (χ1) is 10.4. The molecule has 0 saturated heterocycles. The van der Waals surface area contributed by atoms with E-state index in [1.165, 1.54) is 16.7 Å². The van der Waals surface area contributed by atoms with E-state index in [-0.39, 0.29) is 5.92 Å². The van der Waals surface area contributed by atoms with Crippen molar-refractivity contribution in [1.82, 2.24) is 0 Å². The molecule has 0 unspecified atom stereocenters. The number of rotatable bonds is 4. The first-order valence-corrected chi connectivity index (χ1v) is 7.26. The molecule has 3 aromatic rings. The maximum Gasteiger partial charge on any atom is 0.0272 e. The number of allylic oxidation sites excluding steroid dienone is 1. The van der Waals surface area contributed by atoms with Crippen LogP contribution in [0, 0.1) is 0 Å². The normalized spacial score (nSPS) is 11.1. The van der Waals surface area contributed by atoms with Gasteiger partial charge in [-0.3, -0.25) is 0 Å². The average Bonchev–Trinajstić information content (AvgIpc) is 2.58.